The van der Waals surface area contributed by atoms with E-state index >= 15 is 0 Å². The first-order valence-corrected chi connectivity index (χ1v) is 5.40. The normalized spacial score (nSPS) is 12.3. The SMILES string of the molecule is COc1cc([C@H](NC(C)=O)C(C)C)oc(=O)c1. The molecule has 0 unspecified atom stereocenters. The van der Waals surface area contributed by atoms with Crippen molar-refractivity contribution in [2.75, 3.05) is 7.11 Å². The monoisotopic (exact) mass is 239 g/mol. The summed E-state index contributed by atoms with van der Waals surface area (Å²) in [5, 5.41) is 2.75. The van der Waals surface area contributed by atoms with E-state index in [2.05, 4.69) is 5.32 Å². The highest BCUT2D eigenvalue weighted by Crippen LogP contribution is 2.23. The summed E-state index contributed by atoms with van der Waals surface area (Å²) in [5.41, 5.74) is -0.490. The number of carbonyl (C=O) groups is 1. The molecule has 1 aromatic rings. The molecule has 0 bridgehead atoms. The van der Waals surface area contributed by atoms with Crippen LogP contribution >= 0.6 is 0 Å². The van der Waals surface area contributed by atoms with Crippen molar-refractivity contribution in [1.82, 2.24) is 5.32 Å². The van der Waals surface area contributed by atoms with E-state index in [-0.39, 0.29) is 17.9 Å². The number of hydrogen-bond donors (Lipinski definition) is 1. The number of amides is 1. The second-order valence-corrected chi connectivity index (χ2v) is 4.14. The number of carbonyl (C=O) groups excluding carboxylic acids is 1. The van der Waals surface area contributed by atoms with Crippen LogP contribution in [0, 0.1) is 5.92 Å². The van der Waals surface area contributed by atoms with Gasteiger partial charge in [-0.15, -0.1) is 0 Å². The number of hydrogen-bond acceptors (Lipinski definition) is 4. The molecule has 0 saturated carbocycles. The molecule has 1 atom stereocenters. The molecule has 17 heavy (non-hydrogen) atoms. The third-order valence-corrected chi connectivity index (χ3v) is 2.33. The van der Waals surface area contributed by atoms with Crippen molar-refractivity contribution in [3.63, 3.8) is 0 Å². The predicted octanol–water partition coefficient (Wildman–Crippen LogP) is 1.48. The number of nitrogens with one attached hydrogen (secondary N) is 1. The van der Waals surface area contributed by atoms with E-state index in [1.807, 2.05) is 13.8 Å². The molecule has 0 fully saturated rings. The fourth-order valence-corrected chi connectivity index (χ4v) is 1.53. The third kappa shape index (κ3) is 3.62. The van der Waals surface area contributed by atoms with Crippen molar-refractivity contribution in [3.8, 4) is 5.75 Å². The lowest BCUT2D eigenvalue weighted by molar-refractivity contribution is -0.120. The van der Waals surface area contributed by atoms with E-state index in [0.717, 1.165) is 0 Å². The van der Waals surface area contributed by atoms with Gasteiger partial charge in [0.2, 0.25) is 5.91 Å². The molecular weight excluding hydrogens is 222 g/mol. The Kier molecular flexibility index (Phi) is 4.31. The minimum absolute atomic E-state index is 0.106. The van der Waals surface area contributed by atoms with Crippen LogP contribution in [0.2, 0.25) is 0 Å². The lowest BCUT2D eigenvalue weighted by Gasteiger charge is -2.20. The predicted molar refractivity (Wildman–Crippen MR) is 62.9 cm³/mol. The van der Waals surface area contributed by atoms with Gasteiger partial charge in [-0.3, -0.25) is 4.79 Å². The highest BCUT2D eigenvalue weighted by molar-refractivity contribution is 5.73. The van der Waals surface area contributed by atoms with Crippen LogP contribution < -0.4 is 15.7 Å². The first kappa shape index (κ1) is 13.3. The van der Waals surface area contributed by atoms with Crippen LogP contribution in [0.1, 0.15) is 32.6 Å². The lowest BCUT2D eigenvalue weighted by atomic mass is 10.0. The first-order chi connectivity index (χ1) is 7.93. The summed E-state index contributed by atoms with van der Waals surface area (Å²) in [5.74, 6) is 0.759. The van der Waals surface area contributed by atoms with Gasteiger partial charge in [0, 0.05) is 13.0 Å². The lowest BCUT2D eigenvalue weighted by Crippen LogP contribution is -2.30. The van der Waals surface area contributed by atoms with Crippen LogP contribution in [0.15, 0.2) is 21.3 Å². The topological polar surface area (TPSA) is 68.5 Å². The zero-order chi connectivity index (χ0) is 13.0. The molecule has 1 N–H and O–H groups in total. The quantitative estimate of drug-likeness (QED) is 0.864. The average Bonchev–Trinajstić information content (AvgIpc) is 2.24. The first-order valence-electron chi connectivity index (χ1n) is 5.40. The van der Waals surface area contributed by atoms with E-state index in [9.17, 15) is 9.59 Å². The van der Waals surface area contributed by atoms with Crippen LogP contribution in [0.4, 0.5) is 0 Å². The summed E-state index contributed by atoms with van der Waals surface area (Å²) in [6.07, 6.45) is 0. The number of methoxy groups -OCH3 is 1. The zero-order valence-electron chi connectivity index (χ0n) is 10.4. The van der Waals surface area contributed by atoms with E-state index in [1.54, 1.807) is 6.07 Å². The Morgan fingerprint density at radius 2 is 2.06 bits per heavy atom. The molecule has 0 aliphatic carbocycles. The van der Waals surface area contributed by atoms with Crippen LogP contribution in [0.3, 0.4) is 0 Å². The largest absolute Gasteiger partial charge is 0.496 e. The van der Waals surface area contributed by atoms with Crippen LogP contribution in [-0.2, 0) is 4.79 Å². The highest BCUT2D eigenvalue weighted by Gasteiger charge is 2.20. The van der Waals surface area contributed by atoms with Crippen molar-refractivity contribution < 1.29 is 13.9 Å². The van der Waals surface area contributed by atoms with E-state index < -0.39 is 5.63 Å². The average molecular weight is 239 g/mol. The van der Waals surface area contributed by atoms with Gasteiger partial charge in [-0.05, 0) is 5.92 Å². The minimum Gasteiger partial charge on any atom is -0.496 e. The molecule has 5 heteroatoms. The Balaban J connectivity index is 3.13. The second-order valence-electron chi connectivity index (χ2n) is 4.14. The molecule has 94 valence electrons. The maximum Gasteiger partial charge on any atom is 0.339 e. The van der Waals surface area contributed by atoms with Gasteiger partial charge in [0.05, 0.1) is 19.2 Å². The Hall–Kier alpha value is -1.78. The number of rotatable bonds is 4. The van der Waals surface area contributed by atoms with Crippen molar-refractivity contribution in [1.29, 1.82) is 0 Å². The summed E-state index contributed by atoms with van der Waals surface area (Å²) in [7, 11) is 1.47. The zero-order valence-corrected chi connectivity index (χ0v) is 10.4. The summed E-state index contributed by atoms with van der Waals surface area (Å²) >= 11 is 0. The molecular formula is C12H17NO4. The smallest absolute Gasteiger partial charge is 0.339 e. The Bertz CT molecular complexity index is 450. The molecule has 1 heterocycles. The highest BCUT2D eigenvalue weighted by atomic mass is 16.5. The molecule has 0 spiro atoms. The Labute approximate surface area is 99.8 Å². The van der Waals surface area contributed by atoms with Crippen molar-refractivity contribution in [2.45, 2.75) is 26.8 Å². The summed E-state index contributed by atoms with van der Waals surface area (Å²) in [6, 6.07) is 2.53. The van der Waals surface area contributed by atoms with Crippen LogP contribution in [-0.4, -0.2) is 13.0 Å². The molecule has 1 rings (SSSR count). The van der Waals surface area contributed by atoms with Gasteiger partial charge in [-0.2, -0.15) is 0 Å². The molecule has 0 aromatic carbocycles. The van der Waals surface area contributed by atoms with Crippen LogP contribution in [0.25, 0.3) is 0 Å². The van der Waals surface area contributed by atoms with Gasteiger partial charge in [0.1, 0.15) is 11.5 Å². The molecule has 1 aromatic heterocycles. The molecule has 0 aliphatic rings. The maximum absolute atomic E-state index is 11.3. The second kappa shape index (κ2) is 5.52. The van der Waals surface area contributed by atoms with Gasteiger partial charge in [0.15, 0.2) is 0 Å². The number of ether oxygens (including phenoxy) is 1. The van der Waals surface area contributed by atoms with Crippen molar-refractivity contribution in [3.05, 3.63) is 28.3 Å². The van der Waals surface area contributed by atoms with E-state index in [0.29, 0.717) is 11.5 Å². The Morgan fingerprint density at radius 3 is 2.53 bits per heavy atom. The molecule has 5 nitrogen and oxygen atoms in total. The maximum atomic E-state index is 11.3. The standard InChI is InChI=1S/C12H17NO4/c1-7(2)12(13-8(3)14)10-5-9(16-4)6-11(15)17-10/h5-7,12H,1-4H3,(H,13,14)/t12-/m1/s1. The molecule has 0 radical (unpaired) electrons. The van der Waals surface area contributed by atoms with Crippen LogP contribution in [0.5, 0.6) is 5.75 Å². The fourth-order valence-electron chi connectivity index (χ4n) is 1.53. The van der Waals surface area contributed by atoms with E-state index in [1.165, 1.54) is 20.1 Å². The van der Waals surface area contributed by atoms with Gasteiger partial charge in [-0.25, -0.2) is 4.79 Å². The van der Waals surface area contributed by atoms with E-state index in [4.69, 9.17) is 9.15 Å². The summed E-state index contributed by atoms with van der Waals surface area (Å²) in [4.78, 5) is 22.4. The molecule has 1 amide bonds. The molecule has 0 aliphatic heterocycles. The Morgan fingerprint density at radius 1 is 1.41 bits per heavy atom. The third-order valence-electron chi connectivity index (χ3n) is 2.33. The fraction of sp³-hybridized carbons (Fsp3) is 0.500. The summed E-state index contributed by atoms with van der Waals surface area (Å²) < 4.78 is 10.1. The molecule has 0 saturated heterocycles. The minimum atomic E-state index is -0.490. The van der Waals surface area contributed by atoms with Gasteiger partial charge >= 0.3 is 5.63 Å². The van der Waals surface area contributed by atoms with Gasteiger partial charge in [0.25, 0.3) is 0 Å². The van der Waals surface area contributed by atoms with Gasteiger partial charge in [-0.1, -0.05) is 13.8 Å². The summed E-state index contributed by atoms with van der Waals surface area (Å²) in [6.45, 7) is 5.29. The van der Waals surface area contributed by atoms with Crippen molar-refractivity contribution in [2.24, 2.45) is 5.92 Å². The van der Waals surface area contributed by atoms with Gasteiger partial charge < -0.3 is 14.5 Å². The van der Waals surface area contributed by atoms with Crippen molar-refractivity contribution >= 4 is 5.91 Å².